The predicted octanol–water partition coefficient (Wildman–Crippen LogP) is 1.93. The van der Waals surface area contributed by atoms with Crippen LogP contribution in [-0.4, -0.2) is 50.8 Å². The number of nitrogens with zero attached hydrogens (tertiary/aromatic N) is 2. The Morgan fingerprint density at radius 1 is 1.10 bits per heavy atom. The molecule has 1 aromatic carbocycles. The van der Waals surface area contributed by atoms with E-state index in [1.165, 1.54) is 24.3 Å². The molecule has 6 heteroatoms. The van der Waals surface area contributed by atoms with Crippen LogP contribution in [0.15, 0.2) is 29.2 Å². The van der Waals surface area contributed by atoms with Crippen LogP contribution in [0, 0.1) is 11.2 Å². The number of benzene rings is 1. The second-order valence-electron chi connectivity index (χ2n) is 6.38. The van der Waals surface area contributed by atoms with E-state index in [-0.39, 0.29) is 10.3 Å². The van der Waals surface area contributed by atoms with Crippen molar-refractivity contribution in [2.45, 2.75) is 24.2 Å². The van der Waals surface area contributed by atoms with Gasteiger partial charge in [0.1, 0.15) is 5.82 Å². The van der Waals surface area contributed by atoms with Gasteiger partial charge in [0.25, 0.3) is 0 Å². The average molecular weight is 312 g/mol. The molecule has 0 aliphatic carbocycles. The fourth-order valence-corrected chi connectivity index (χ4v) is 5.21. The van der Waals surface area contributed by atoms with Crippen molar-refractivity contribution < 1.29 is 12.8 Å². The molecule has 0 saturated carbocycles. The van der Waals surface area contributed by atoms with Gasteiger partial charge in [-0.3, -0.25) is 0 Å². The van der Waals surface area contributed by atoms with Crippen LogP contribution in [0.3, 0.4) is 0 Å². The first kappa shape index (κ1) is 14.9. The fourth-order valence-electron chi connectivity index (χ4n) is 3.62. The number of rotatable bonds is 2. The van der Waals surface area contributed by atoms with E-state index in [9.17, 15) is 12.8 Å². The number of likely N-dealkylation sites (tertiary alicyclic amines) is 1. The molecule has 1 atom stereocenters. The number of sulfonamides is 1. The van der Waals surface area contributed by atoms with Crippen LogP contribution in [0.2, 0.25) is 0 Å². The molecule has 2 aliphatic heterocycles. The Hall–Kier alpha value is -0.980. The first-order valence-electron chi connectivity index (χ1n) is 7.36. The Morgan fingerprint density at radius 3 is 2.43 bits per heavy atom. The Kier molecular flexibility index (Phi) is 3.80. The normalized spacial score (nSPS) is 28.3. The van der Waals surface area contributed by atoms with Gasteiger partial charge in [0.15, 0.2) is 0 Å². The van der Waals surface area contributed by atoms with E-state index in [1.807, 2.05) is 0 Å². The number of halogens is 1. The molecule has 0 unspecified atom stereocenters. The van der Waals surface area contributed by atoms with Crippen molar-refractivity contribution in [2.24, 2.45) is 5.41 Å². The van der Waals surface area contributed by atoms with Crippen molar-refractivity contribution >= 4 is 10.0 Å². The number of hydrogen-bond donors (Lipinski definition) is 0. The van der Waals surface area contributed by atoms with Crippen molar-refractivity contribution in [2.75, 3.05) is 33.2 Å². The van der Waals surface area contributed by atoms with E-state index in [4.69, 9.17) is 0 Å². The van der Waals surface area contributed by atoms with Crippen LogP contribution in [-0.2, 0) is 10.0 Å². The van der Waals surface area contributed by atoms with Gasteiger partial charge in [-0.2, -0.15) is 4.31 Å². The van der Waals surface area contributed by atoms with Crippen molar-refractivity contribution in [3.8, 4) is 0 Å². The zero-order valence-electron chi connectivity index (χ0n) is 12.3. The zero-order valence-corrected chi connectivity index (χ0v) is 13.1. The molecule has 0 N–H and O–H groups in total. The summed E-state index contributed by atoms with van der Waals surface area (Å²) in [6, 6.07) is 5.12. The number of piperidine rings is 1. The highest BCUT2D eigenvalue weighted by molar-refractivity contribution is 7.89. The van der Waals surface area contributed by atoms with Crippen LogP contribution < -0.4 is 0 Å². The molecule has 2 fully saturated rings. The molecule has 3 rings (SSSR count). The molecule has 2 aliphatic rings. The van der Waals surface area contributed by atoms with Gasteiger partial charge < -0.3 is 4.90 Å². The first-order valence-corrected chi connectivity index (χ1v) is 8.80. The third-order valence-electron chi connectivity index (χ3n) is 4.71. The highest BCUT2D eigenvalue weighted by Gasteiger charge is 2.43. The van der Waals surface area contributed by atoms with Gasteiger partial charge in [-0.1, -0.05) is 0 Å². The topological polar surface area (TPSA) is 40.6 Å². The van der Waals surface area contributed by atoms with Crippen molar-refractivity contribution in [3.05, 3.63) is 30.1 Å². The van der Waals surface area contributed by atoms with Crippen molar-refractivity contribution in [3.63, 3.8) is 0 Å². The van der Waals surface area contributed by atoms with E-state index in [1.54, 1.807) is 4.31 Å². The Morgan fingerprint density at radius 2 is 1.81 bits per heavy atom. The Labute approximate surface area is 125 Å². The summed E-state index contributed by atoms with van der Waals surface area (Å²) in [5.41, 5.74) is 0.0973. The minimum absolute atomic E-state index is 0.0973. The molecule has 0 radical (unpaired) electrons. The average Bonchev–Trinajstić information content (AvgIpc) is 2.80. The smallest absolute Gasteiger partial charge is 0.243 e. The molecule has 2 heterocycles. The van der Waals surface area contributed by atoms with Gasteiger partial charge in [0.2, 0.25) is 10.0 Å². The minimum atomic E-state index is -3.51. The largest absolute Gasteiger partial charge is 0.306 e. The van der Waals surface area contributed by atoms with E-state index < -0.39 is 15.8 Å². The maximum absolute atomic E-state index is 13.0. The summed E-state index contributed by atoms with van der Waals surface area (Å²) in [4.78, 5) is 2.46. The molecule has 4 nitrogen and oxygen atoms in total. The standard InChI is InChI=1S/C15H21FN2O2S/c1-17-10-8-15(11-17)7-2-9-18(12-15)21(19,20)14-5-3-13(16)4-6-14/h3-6H,2,7-12H2,1H3/t15-/m0/s1. The maximum atomic E-state index is 13.0. The molecule has 0 bridgehead atoms. The second-order valence-corrected chi connectivity index (χ2v) is 8.32. The van der Waals surface area contributed by atoms with Crippen LogP contribution in [0.5, 0.6) is 0 Å². The van der Waals surface area contributed by atoms with Crippen LogP contribution in [0.4, 0.5) is 4.39 Å². The minimum Gasteiger partial charge on any atom is -0.306 e. The van der Waals surface area contributed by atoms with E-state index >= 15 is 0 Å². The highest BCUT2D eigenvalue weighted by atomic mass is 32.2. The Balaban J connectivity index is 1.84. The lowest BCUT2D eigenvalue weighted by atomic mass is 9.80. The van der Waals surface area contributed by atoms with Gasteiger partial charge in [-0.25, -0.2) is 12.8 Å². The molecule has 0 aromatic heterocycles. The molecular formula is C15H21FN2O2S. The van der Waals surface area contributed by atoms with Gasteiger partial charge >= 0.3 is 0 Å². The highest BCUT2D eigenvalue weighted by Crippen LogP contribution is 2.39. The lowest BCUT2D eigenvalue weighted by Gasteiger charge is -2.39. The van der Waals surface area contributed by atoms with E-state index in [0.29, 0.717) is 13.1 Å². The number of hydrogen-bond acceptors (Lipinski definition) is 3. The SMILES string of the molecule is CN1CC[C@@]2(CCCN(S(=O)(=O)c3ccc(F)cc3)C2)C1. The second kappa shape index (κ2) is 5.34. The third kappa shape index (κ3) is 2.84. The van der Waals surface area contributed by atoms with Crippen LogP contribution in [0.25, 0.3) is 0 Å². The first-order chi connectivity index (χ1) is 9.91. The maximum Gasteiger partial charge on any atom is 0.243 e. The van der Waals surface area contributed by atoms with Crippen molar-refractivity contribution in [1.82, 2.24) is 9.21 Å². The molecule has 21 heavy (non-hydrogen) atoms. The Bertz CT molecular complexity index is 613. The summed E-state index contributed by atoms with van der Waals surface area (Å²) in [6.07, 6.45) is 3.04. The van der Waals surface area contributed by atoms with Crippen molar-refractivity contribution in [1.29, 1.82) is 0 Å². The van der Waals surface area contributed by atoms with Gasteiger partial charge in [0.05, 0.1) is 4.90 Å². The molecule has 1 aromatic rings. The summed E-state index contributed by atoms with van der Waals surface area (Å²) in [7, 11) is -1.43. The lowest BCUT2D eigenvalue weighted by Crippen LogP contribution is -2.47. The summed E-state index contributed by atoms with van der Waals surface area (Å²) in [6.45, 7) is 3.13. The lowest BCUT2D eigenvalue weighted by molar-refractivity contribution is 0.153. The molecule has 2 saturated heterocycles. The van der Waals surface area contributed by atoms with Gasteiger partial charge in [-0.05, 0) is 62.5 Å². The van der Waals surface area contributed by atoms with Gasteiger partial charge in [0, 0.05) is 19.6 Å². The molecular weight excluding hydrogens is 291 g/mol. The summed E-state index contributed by atoms with van der Waals surface area (Å²) in [5, 5.41) is 0. The summed E-state index contributed by atoms with van der Waals surface area (Å²) in [5.74, 6) is -0.415. The van der Waals surface area contributed by atoms with E-state index in [2.05, 4.69) is 11.9 Å². The molecule has 116 valence electrons. The third-order valence-corrected chi connectivity index (χ3v) is 6.57. The van der Waals surface area contributed by atoms with Gasteiger partial charge in [-0.15, -0.1) is 0 Å². The molecule has 0 amide bonds. The van der Waals surface area contributed by atoms with Crippen LogP contribution in [0.1, 0.15) is 19.3 Å². The zero-order chi connectivity index (χ0) is 15.1. The fraction of sp³-hybridized carbons (Fsp3) is 0.600. The molecule has 1 spiro atoms. The van der Waals surface area contributed by atoms with Crippen LogP contribution >= 0.6 is 0 Å². The van der Waals surface area contributed by atoms with E-state index in [0.717, 1.165) is 32.4 Å². The summed E-state index contributed by atoms with van der Waals surface area (Å²) >= 11 is 0. The predicted molar refractivity (Wildman–Crippen MR) is 78.9 cm³/mol. The summed E-state index contributed by atoms with van der Waals surface area (Å²) < 4.78 is 40.0. The quantitative estimate of drug-likeness (QED) is 0.838. The monoisotopic (exact) mass is 312 g/mol.